The Labute approximate surface area is 126 Å². The normalized spacial score (nSPS) is 24.1. The van der Waals surface area contributed by atoms with Gasteiger partial charge in [0, 0.05) is 37.6 Å². The Kier molecular flexibility index (Phi) is 4.56. The summed E-state index contributed by atoms with van der Waals surface area (Å²) in [7, 11) is 0. The van der Waals surface area contributed by atoms with Crippen LogP contribution in [0.5, 0.6) is 0 Å². The van der Waals surface area contributed by atoms with Crippen molar-refractivity contribution in [2.75, 3.05) is 13.1 Å². The first-order chi connectivity index (χ1) is 9.76. The number of hydrogen-bond donors (Lipinski definition) is 1. The van der Waals surface area contributed by atoms with Gasteiger partial charge in [-0.25, -0.2) is 9.78 Å². The van der Waals surface area contributed by atoms with Crippen LogP contribution < -0.4 is 0 Å². The van der Waals surface area contributed by atoms with Gasteiger partial charge in [-0.1, -0.05) is 0 Å². The van der Waals surface area contributed by atoms with Crippen LogP contribution >= 0.6 is 0 Å². The van der Waals surface area contributed by atoms with Gasteiger partial charge in [-0.3, -0.25) is 4.90 Å². The zero-order valence-corrected chi connectivity index (χ0v) is 13.6. The number of nitrogens with one attached hydrogen (secondary N) is 1. The smallest absolute Gasteiger partial charge is 0.410 e. The van der Waals surface area contributed by atoms with E-state index >= 15 is 0 Å². The Morgan fingerprint density at radius 2 is 2.10 bits per heavy atom. The third-order valence-electron chi connectivity index (χ3n) is 3.65. The minimum atomic E-state index is -0.453. The van der Waals surface area contributed by atoms with Gasteiger partial charge in [-0.05, 0) is 34.6 Å². The lowest BCUT2D eigenvalue weighted by Gasteiger charge is -2.43. The molecule has 1 fully saturated rings. The monoisotopic (exact) mass is 294 g/mol. The predicted molar refractivity (Wildman–Crippen MR) is 80.9 cm³/mol. The summed E-state index contributed by atoms with van der Waals surface area (Å²) in [5.74, 6) is 0.958. The molecule has 1 aliphatic heterocycles. The highest BCUT2D eigenvalue weighted by Gasteiger charge is 2.34. The predicted octanol–water partition coefficient (Wildman–Crippen LogP) is 2.24. The van der Waals surface area contributed by atoms with Gasteiger partial charge in [0.2, 0.25) is 0 Å². The highest BCUT2D eigenvalue weighted by Crippen LogP contribution is 2.20. The maximum absolute atomic E-state index is 12.3. The summed E-state index contributed by atoms with van der Waals surface area (Å²) in [6, 6.07) is 0.407. The van der Waals surface area contributed by atoms with Crippen molar-refractivity contribution >= 4 is 6.09 Å². The zero-order chi connectivity index (χ0) is 15.6. The van der Waals surface area contributed by atoms with Crippen LogP contribution in [0.3, 0.4) is 0 Å². The van der Waals surface area contributed by atoms with Crippen molar-refractivity contribution in [2.45, 2.75) is 58.8 Å². The number of nitrogens with zero attached hydrogens (tertiary/aromatic N) is 3. The van der Waals surface area contributed by atoms with Gasteiger partial charge in [0.1, 0.15) is 11.4 Å². The lowest BCUT2D eigenvalue weighted by molar-refractivity contribution is -0.0121. The van der Waals surface area contributed by atoms with E-state index in [0.717, 1.165) is 18.9 Å². The summed E-state index contributed by atoms with van der Waals surface area (Å²) in [6.45, 7) is 12.2. The molecule has 2 rings (SSSR count). The molecule has 1 saturated heterocycles. The first-order valence-corrected chi connectivity index (χ1v) is 7.48. The molecule has 21 heavy (non-hydrogen) atoms. The van der Waals surface area contributed by atoms with Crippen molar-refractivity contribution in [1.82, 2.24) is 19.8 Å². The lowest BCUT2D eigenvalue weighted by Crippen LogP contribution is -2.58. The number of carbonyl (C=O) groups is 1. The van der Waals surface area contributed by atoms with Crippen molar-refractivity contribution < 1.29 is 9.53 Å². The Morgan fingerprint density at radius 3 is 2.67 bits per heavy atom. The van der Waals surface area contributed by atoms with Crippen LogP contribution in [0.4, 0.5) is 4.79 Å². The molecular weight excluding hydrogens is 268 g/mol. The fourth-order valence-electron chi connectivity index (χ4n) is 2.57. The summed E-state index contributed by atoms with van der Waals surface area (Å²) in [5.41, 5.74) is -0.453. The number of H-pyrrole nitrogens is 1. The van der Waals surface area contributed by atoms with Gasteiger partial charge >= 0.3 is 6.09 Å². The molecule has 0 bridgehead atoms. The molecule has 1 aromatic rings. The highest BCUT2D eigenvalue weighted by molar-refractivity contribution is 5.68. The van der Waals surface area contributed by atoms with E-state index < -0.39 is 5.60 Å². The standard InChI is InChI=1S/C15H26N4O2/c1-11-9-19(14(20)21-15(3,4)5)12(2)8-18(11)10-13-16-6-7-17-13/h6-7,11-12H,8-10H2,1-5H3,(H,16,17)/t11-,12+/m0/s1. The maximum atomic E-state index is 12.3. The molecule has 2 heterocycles. The number of piperazine rings is 1. The van der Waals surface area contributed by atoms with Crippen LogP contribution in [0.1, 0.15) is 40.4 Å². The Morgan fingerprint density at radius 1 is 1.38 bits per heavy atom. The highest BCUT2D eigenvalue weighted by atomic mass is 16.6. The van der Waals surface area contributed by atoms with Crippen molar-refractivity contribution in [3.63, 3.8) is 0 Å². The first kappa shape index (κ1) is 15.8. The lowest BCUT2D eigenvalue weighted by atomic mass is 10.1. The molecule has 1 amide bonds. The topological polar surface area (TPSA) is 61.5 Å². The second kappa shape index (κ2) is 6.05. The van der Waals surface area contributed by atoms with Gasteiger partial charge in [-0.2, -0.15) is 0 Å². The van der Waals surface area contributed by atoms with Gasteiger partial charge in [0.15, 0.2) is 0 Å². The van der Waals surface area contributed by atoms with E-state index in [-0.39, 0.29) is 18.2 Å². The Balaban J connectivity index is 1.96. The molecule has 6 nitrogen and oxygen atoms in total. The SMILES string of the molecule is C[C@@H]1CN(Cc2ncc[nH]2)[C@@H](C)CN1C(=O)OC(C)(C)C. The van der Waals surface area contributed by atoms with E-state index in [2.05, 4.69) is 28.7 Å². The van der Waals surface area contributed by atoms with E-state index in [4.69, 9.17) is 4.74 Å². The molecule has 118 valence electrons. The number of aromatic amines is 1. The average Bonchev–Trinajstić information content (AvgIpc) is 2.84. The van der Waals surface area contributed by atoms with Crippen molar-refractivity contribution in [3.05, 3.63) is 18.2 Å². The number of carbonyl (C=O) groups excluding carboxylic acids is 1. The van der Waals surface area contributed by atoms with Crippen LogP contribution in [0.25, 0.3) is 0 Å². The average molecular weight is 294 g/mol. The van der Waals surface area contributed by atoms with Crippen LogP contribution in [0.15, 0.2) is 12.4 Å². The minimum Gasteiger partial charge on any atom is -0.444 e. The van der Waals surface area contributed by atoms with E-state index in [1.807, 2.05) is 31.9 Å². The molecule has 0 spiro atoms. The number of rotatable bonds is 2. The summed E-state index contributed by atoms with van der Waals surface area (Å²) >= 11 is 0. The quantitative estimate of drug-likeness (QED) is 0.908. The van der Waals surface area contributed by atoms with E-state index in [1.165, 1.54) is 0 Å². The second-order valence-electron chi connectivity index (χ2n) is 6.80. The van der Waals surface area contributed by atoms with Crippen LogP contribution in [-0.2, 0) is 11.3 Å². The van der Waals surface area contributed by atoms with Gasteiger partial charge in [0.25, 0.3) is 0 Å². The molecule has 1 aromatic heterocycles. The third kappa shape index (κ3) is 4.20. The van der Waals surface area contributed by atoms with Crippen LogP contribution in [0, 0.1) is 0 Å². The summed E-state index contributed by atoms with van der Waals surface area (Å²) in [6.07, 6.45) is 3.38. The molecule has 0 radical (unpaired) electrons. The largest absolute Gasteiger partial charge is 0.444 e. The first-order valence-electron chi connectivity index (χ1n) is 7.48. The van der Waals surface area contributed by atoms with E-state index in [1.54, 1.807) is 6.20 Å². The Bertz CT molecular complexity index is 467. The van der Waals surface area contributed by atoms with Gasteiger partial charge in [-0.15, -0.1) is 0 Å². The minimum absolute atomic E-state index is 0.131. The van der Waals surface area contributed by atoms with E-state index in [0.29, 0.717) is 6.54 Å². The molecule has 1 aliphatic rings. The molecule has 0 aromatic carbocycles. The molecule has 0 saturated carbocycles. The van der Waals surface area contributed by atoms with Crippen LogP contribution in [0.2, 0.25) is 0 Å². The van der Waals surface area contributed by atoms with Gasteiger partial charge in [0.05, 0.1) is 6.54 Å². The molecule has 2 atom stereocenters. The van der Waals surface area contributed by atoms with Crippen molar-refractivity contribution in [3.8, 4) is 0 Å². The molecule has 1 N–H and O–H groups in total. The fourth-order valence-corrected chi connectivity index (χ4v) is 2.57. The molecule has 6 heteroatoms. The molecular formula is C15H26N4O2. The number of ether oxygens (including phenoxy) is 1. The number of hydrogen-bond acceptors (Lipinski definition) is 4. The summed E-state index contributed by atoms with van der Waals surface area (Å²) in [5, 5.41) is 0. The number of aromatic nitrogens is 2. The zero-order valence-electron chi connectivity index (χ0n) is 13.6. The molecule has 0 aliphatic carbocycles. The third-order valence-corrected chi connectivity index (χ3v) is 3.65. The van der Waals surface area contributed by atoms with Crippen molar-refractivity contribution in [2.24, 2.45) is 0 Å². The van der Waals surface area contributed by atoms with Crippen molar-refractivity contribution in [1.29, 1.82) is 0 Å². The fraction of sp³-hybridized carbons (Fsp3) is 0.733. The summed E-state index contributed by atoms with van der Waals surface area (Å²) < 4.78 is 5.49. The van der Waals surface area contributed by atoms with Gasteiger partial charge < -0.3 is 14.6 Å². The summed E-state index contributed by atoms with van der Waals surface area (Å²) in [4.78, 5) is 23.8. The maximum Gasteiger partial charge on any atom is 0.410 e. The number of imidazole rings is 1. The Hall–Kier alpha value is -1.56. The molecule has 0 unspecified atom stereocenters. The van der Waals surface area contributed by atoms with E-state index in [9.17, 15) is 4.79 Å². The van der Waals surface area contributed by atoms with Crippen LogP contribution in [-0.4, -0.2) is 56.6 Å². The second-order valence-corrected chi connectivity index (χ2v) is 6.80. The number of amides is 1.